The van der Waals surface area contributed by atoms with Gasteiger partial charge in [0.2, 0.25) is 0 Å². The van der Waals surface area contributed by atoms with Crippen molar-refractivity contribution in [1.82, 2.24) is 4.57 Å². The summed E-state index contributed by atoms with van der Waals surface area (Å²) in [7, 11) is 0. The first-order chi connectivity index (χ1) is 9.08. The molecule has 2 rings (SSSR count). The first-order valence-corrected chi connectivity index (χ1v) is 5.97. The van der Waals surface area contributed by atoms with Crippen LogP contribution in [0.15, 0.2) is 47.4 Å². The lowest BCUT2D eigenvalue weighted by Crippen LogP contribution is -2.22. The summed E-state index contributed by atoms with van der Waals surface area (Å²) in [4.78, 5) is 21.9. The van der Waals surface area contributed by atoms with E-state index in [0.29, 0.717) is 18.5 Å². The van der Waals surface area contributed by atoms with E-state index in [1.54, 1.807) is 35.9 Å². The van der Waals surface area contributed by atoms with Crippen molar-refractivity contribution >= 4 is 5.69 Å². The molecule has 0 fully saturated rings. The number of aryl methyl sites for hydroxylation is 3. The van der Waals surface area contributed by atoms with Crippen molar-refractivity contribution in [2.24, 2.45) is 0 Å². The van der Waals surface area contributed by atoms with Crippen LogP contribution in [0.25, 0.3) is 0 Å². The molecule has 0 atom stereocenters. The highest BCUT2D eigenvalue weighted by molar-refractivity contribution is 5.32. The molecular formula is C14H14N2O3. The fourth-order valence-corrected chi connectivity index (χ4v) is 1.87. The largest absolute Gasteiger partial charge is 0.315 e. The van der Waals surface area contributed by atoms with E-state index >= 15 is 0 Å². The van der Waals surface area contributed by atoms with Crippen molar-refractivity contribution in [2.45, 2.75) is 19.9 Å². The highest BCUT2D eigenvalue weighted by Gasteiger charge is 2.04. The zero-order chi connectivity index (χ0) is 13.8. The van der Waals surface area contributed by atoms with Gasteiger partial charge in [0.05, 0.1) is 4.92 Å². The average Bonchev–Trinajstić information content (AvgIpc) is 2.41. The van der Waals surface area contributed by atoms with Crippen LogP contribution in [-0.2, 0) is 13.0 Å². The molecule has 0 radical (unpaired) electrons. The smallest absolute Gasteiger partial charge is 0.269 e. The van der Waals surface area contributed by atoms with Crippen LogP contribution in [0.3, 0.4) is 0 Å². The molecule has 0 saturated carbocycles. The van der Waals surface area contributed by atoms with E-state index in [9.17, 15) is 14.9 Å². The van der Waals surface area contributed by atoms with Gasteiger partial charge in [-0.1, -0.05) is 18.2 Å². The van der Waals surface area contributed by atoms with E-state index in [0.717, 1.165) is 5.56 Å². The molecule has 2 aromatic rings. The van der Waals surface area contributed by atoms with Crippen LogP contribution in [0.2, 0.25) is 0 Å². The van der Waals surface area contributed by atoms with Crippen molar-refractivity contribution in [3.63, 3.8) is 0 Å². The molecular weight excluding hydrogens is 244 g/mol. The summed E-state index contributed by atoms with van der Waals surface area (Å²) in [5.74, 6) is 0. The third-order valence-corrected chi connectivity index (χ3v) is 3.00. The lowest BCUT2D eigenvalue weighted by molar-refractivity contribution is -0.384. The summed E-state index contributed by atoms with van der Waals surface area (Å²) in [6.07, 6.45) is 2.42. The minimum Gasteiger partial charge on any atom is -0.315 e. The molecule has 5 heteroatoms. The van der Waals surface area contributed by atoms with Gasteiger partial charge in [-0.15, -0.1) is 0 Å². The summed E-state index contributed by atoms with van der Waals surface area (Å²) < 4.78 is 1.65. The number of aromatic nitrogens is 1. The Balaban J connectivity index is 2.08. The fraction of sp³-hybridized carbons (Fsp3) is 0.214. The van der Waals surface area contributed by atoms with E-state index in [1.165, 1.54) is 12.1 Å². The van der Waals surface area contributed by atoms with E-state index < -0.39 is 4.92 Å². The molecule has 19 heavy (non-hydrogen) atoms. The highest BCUT2D eigenvalue weighted by atomic mass is 16.6. The maximum absolute atomic E-state index is 11.8. The molecule has 0 unspecified atom stereocenters. The molecule has 0 aliphatic heterocycles. The number of rotatable bonds is 4. The SMILES string of the molecule is Cc1cccn(CCc2ccc([N+](=O)[O-])cc2)c1=O. The summed E-state index contributed by atoms with van der Waals surface area (Å²) >= 11 is 0. The van der Waals surface area contributed by atoms with Crippen LogP contribution in [0.5, 0.6) is 0 Å². The molecule has 0 bridgehead atoms. The second-order valence-electron chi connectivity index (χ2n) is 4.36. The Kier molecular flexibility index (Phi) is 3.75. The highest BCUT2D eigenvalue weighted by Crippen LogP contribution is 2.12. The number of hydrogen-bond donors (Lipinski definition) is 0. The van der Waals surface area contributed by atoms with Crippen molar-refractivity contribution in [3.8, 4) is 0 Å². The summed E-state index contributed by atoms with van der Waals surface area (Å²) in [5, 5.41) is 10.5. The molecule has 0 N–H and O–H groups in total. The second kappa shape index (κ2) is 5.48. The molecule has 1 heterocycles. The van der Waals surface area contributed by atoms with E-state index in [1.807, 2.05) is 6.07 Å². The van der Waals surface area contributed by atoms with Gasteiger partial charge in [-0.05, 0) is 25.0 Å². The topological polar surface area (TPSA) is 65.1 Å². The Morgan fingerprint density at radius 2 is 1.89 bits per heavy atom. The zero-order valence-corrected chi connectivity index (χ0v) is 10.6. The summed E-state index contributed by atoms with van der Waals surface area (Å²) in [6.45, 7) is 2.35. The Hall–Kier alpha value is -2.43. The summed E-state index contributed by atoms with van der Waals surface area (Å²) in [6, 6.07) is 10.0. The average molecular weight is 258 g/mol. The van der Waals surface area contributed by atoms with Gasteiger partial charge >= 0.3 is 0 Å². The van der Waals surface area contributed by atoms with Gasteiger partial charge in [0, 0.05) is 30.4 Å². The normalized spacial score (nSPS) is 10.4. The van der Waals surface area contributed by atoms with Gasteiger partial charge in [0.1, 0.15) is 0 Å². The minimum absolute atomic E-state index is 0.00408. The van der Waals surface area contributed by atoms with Crippen LogP contribution < -0.4 is 5.56 Å². The number of nitro groups is 1. The monoisotopic (exact) mass is 258 g/mol. The maximum Gasteiger partial charge on any atom is 0.269 e. The number of pyridine rings is 1. The lowest BCUT2D eigenvalue weighted by Gasteiger charge is -2.06. The quantitative estimate of drug-likeness (QED) is 0.624. The van der Waals surface area contributed by atoms with Gasteiger partial charge in [-0.2, -0.15) is 0 Å². The predicted octanol–water partition coefficient (Wildman–Crippen LogP) is 2.31. The first kappa shape index (κ1) is 13.0. The molecule has 98 valence electrons. The van der Waals surface area contributed by atoms with Gasteiger partial charge in [0.15, 0.2) is 0 Å². The Morgan fingerprint density at radius 3 is 2.53 bits per heavy atom. The Bertz CT molecular complexity index is 644. The molecule has 0 saturated heterocycles. The Morgan fingerprint density at radius 1 is 1.21 bits per heavy atom. The van der Waals surface area contributed by atoms with E-state index in [4.69, 9.17) is 0 Å². The van der Waals surface area contributed by atoms with Crippen LogP contribution in [-0.4, -0.2) is 9.49 Å². The van der Waals surface area contributed by atoms with Crippen molar-refractivity contribution in [3.05, 3.63) is 74.2 Å². The number of nitro benzene ring substituents is 1. The van der Waals surface area contributed by atoms with E-state index in [-0.39, 0.29) is 11.2 Å². The molecule has 0 spiro atoms. The predicted molar refractivity (Wildman–Crippen MR) is 72.2 cm³/mol. The number of benzene rings is 1. The van der Waals surface area contributed by atoms with Crippen molar-refractivity contribution in [2.75, 3.05) is 0 Å². The molecule has 0 aliphatic rings. The first-order valence-electron chi connectivity index (χ1n) is 5.97. The minimum atomic E-state index is -0.422. The van der Waals surface area contributed by atoms with Crippen LogP contribution >= 0.6 is 0 Å². The molecule has 5 nitrogen and oxygen atoms in total. The van der Waals surface area contributed by atoms with Gasteiger partial charge in [-0.25, -0.2) is 0 Å². The van der Waals surface area contributed by atoms with E-state index in [2.05, 4.69) is 0 Å². The Labute approximate surface area is 110 Å². The number of hydrogen-bond acceptors (Lipinski definition) is 3. The fourth-order valence-electron chi connectivity index (χ4n) is 1.87. The molecule has 1 aromatic carbocycles. The van der Waals surface area contributed by atoms with Gasteiger partial charge in [0.25, 0.3) is 11.2 Å². The zero-order valence-electron chi connectivity index (χ0n) is 10.6. The van der Waals surface area contributed by atoms with Crippen LogP contribution in [0.4, 0.5) is 5.69 Å². The van der Waals surface area contributed by atoms with Crippen molar-refractivity contribution in [1.29, 1.82) is 0 Å². The standard InChI is InChI=1S/C14H14N2O3/c1-11-3-2-9-15(14(11)17)10-8-12-4-6-13(7-5-12)16(18)19/h2-7,9H,8,10H2,1H3. The maximum atomic E-state index is 11.8. The molecule has 1 aromatic heterocycles. The lowest BCUT2D eigenvalue weighted by atomic mass is 10.1. The summed E-state index contributed by atoms with van der Waals surface area (Å²) in [5.41, 5.74) is 1.77. The number of nitrogens with zero attached hydrogens (tertiary/aromatic N) is 2. The van der Waals surface area contributed by atoms with Gasteiger partial charge in [-0.3, -0.25) is 14.9 Å². The third kappa shape index (κ3) is 3.07. The second-order valence-corrected chi connectivity index (χ2v) is 4.36. The third-order valence-electron chi connectivity index (χ3n) is 3.00. The number of non-ortho nitro benzene ring substituents is 1. The van der Waals surface area contributed by atoms with Gasteiger partial charge < -0.3 is 4.57 Å². The van der Waals surface area contributed by atoms with Crippen LogP contribution in [0.1, 0.15) is 11.1 Å². The molecule has 0 aliphatic carbocycles. The van der Waals surface area contributed by atoms with Crippen LogP contribution in [0, 0.1) is 17.0 Å². The molecule has 0 amide bonds. The van der Waals surface area contributed by atoms with Crippen molar-refractivity contribution < 1.29 is 4.92 Å².